The zero-order chi connectivity index (χ0) is 23.3. The molecule has 1 unspecified atom stereocenters. The molecule has 3 rings (SSSR count). The van der Waals surface area contributed by atoms with Gasteiger partial charge in [-0.25, -0.2) is 4.79 Å². The summed E-state index contributed by atoms with van der Waals surface area (Å²) in [6.45, 7) is -1.64. The molecule has 2 amide bonds. The maximum Gasteiger partial charge on any atom is 0.406 e. The van der Waals surface area contributed by atoms with Crippen LogP contribution in [0.4, 0.5) is 18.9 Å². The number of likely N-dealkylation sites (tertiary alicyclic amines) is 1. The van der Waals surface area contributed by atoms with Gasteiger partial charge in [-0.15, -0.1) is 0 Å². The number of methoxy groups -OCH3 is 1. The minimum Gasteiger partial charge on any atom is -0.465 e. The van der Waals surface area contributed by atoms with Crippen molar-refractivity contribution in [1.82, 2.24) is 4.90 Å². The number of carbonyl (C=O) groups is 3. The number of ether oxygens (including phenoxy) is 1. The van der Waals surface area contributed by atoms with E-state index in [2.05, 4.69) is 21.9 Å². The average Bonchev–Trinajstić information content (AvgIpc) is 3.11. The van der Waals surface area contributed by atoms with Gasteiger partial charge in [-0.3, -0.25) is 9.59 Å². The second-order valence-electron chi connectivity index (χ2n) is 7.18. The van der Waals surface area contributed by atoms with Crippen molar-refractivity contribution in [3.63, 3.8) is 0 Å². The van der Waals surface area contributed by atoms with Crippen molar-refractivity contribution < 1.29 is 32.3 Å². The molecule has 1 saturated heterocycles. The summed E-state index contributed by atoms with van der Waals surface area (Å²) >= 11 is 0. The lowest BCUT2D eigenvalue weighted by Gasteiger charge is -2.18. The van der Waals surface area contributed by atoms with Crippen molar-refractivity contribution in [3.8, 4) is 11.8 Å². The molecule has 0 bridgehead atoms. The number of halogens is 3. The van der Waals surface area contributed by atoms with Crippen molar-refractivity contribution in [3.05, 3.63) is 65.2 Å². The number of carbonyl (C=O) groups excluding carboxylic acids is 3. The smallest absolute Gasteiger partial charge is 0.406 e. The predicted molar refractivity (Wildman–Crippen MR) is 110 cm³/mol. The van der Waals surface area contributed by atoms with E-state index in [-0.39, 0.29) is 13.0 Å². The predicted octanol–water partition coefficient (Wildman–Crippen LogP) is 3.22. The summed E-state index contributed by atoms with van der Waals surface area (Å²) < 4.78 is 42.3. The molecule has 0 saturated carbocycles. The van der Waals surface area contributed by atoms with E-state index >= 15 is 0 Å². The molecular formula is C23H19F3N2O4. The monoisotopic (exact) mass is 444 g/mol. The van der Waals surface area contributed by atoms with Crippen molar-refractivity contribution in [2.24, 2.45) is 5.92 Å². The summed E-state index contributed by atoms with van der Waals surface area (Å²) in [7, 11) is 1.29. The molecule has 0 aromatic heterocycles. The number of esters is 1. The van der Waals surface area contributed by atoms with Crippen LogP contribution in [0.5, 0.6) is 0 Å². The van der Waals surface area contributed by atoms with Gasteiger partial charge in [-0.05, 0) is 36.4 Å². The molecule has 1 heterocycles. The van der Waals surface area contributed by atoms with E-state index < -0.39 is 36.4 Å². The van der Waals surface area contributed by atoms with Crippen LogP contribution >= 0.6 is 0 Å². The first-order valence-electron chi connectivity index (χ1n) is 9.60. The number of benzene rings is 2. The van der Waals surface area contributed by atoms with E-state index in [1.54, 1.807) is 48.5 Å². The second-order valence-corrected chi connectivity index (χ2v) is 7.18. The minimum absolute atomic E-state index is 0.266. The van der Waals surface area contributed by atoms with Gasteiger partial charge in [0, 0.05) is 29.8 Å². The number of nitrogens with one attached hydrogen (secondary N) is 1. The van der Waals surface area contributed by atoms with Gasteiger partial charge in [0.15, 0.2) is 0 Å². The molecule has 1 aliphatic rings. The zero-order valence-corrected chi connectivity index (χ0v) is 17.0. The van der Waals surface area contributed by atoms with Crippen LogP contribution in [0, 0.1) is 17.8 Å². The van der Waals surface area contributed by atoms with E-state index in [0.29, 0.717) is 27.3 Å². The molecule has 1 atom stereocenters. The Morgan fingerprint density at radius 2 is 1.78 bits per heavy atom. The Kier molecular flexibility index (Phi) is 6.83. The van der Waals surface area contributed by atoms with Gasteiger partial charge < -0.3 is 15.0 Å². The largest absolute Gasteiger partial charge is 0.465 e. The molecule has 6 nitrogen and oxygen atoms in total. The fraction of sp³-hybridized carbons (Fsp3) is 0.261. The lowest BCUT2D eigenvalue weighted by Crippen LogP contribution is -2.36. The minimum atomic E-state index is -4.51. The summed E-state index contributed by atoms with van der Waals surface area (Å²) in [4.78, 5) is 36.5. The van der Waals surface area contributed by atoms with Crippen LogP contribution in [0.1, 0.15) is 27.9 Å². The van der Waals surface area contributed by atoms with Crippen LogP contribution in [0.2, 0.25) is 0 Å². The Hall–Kier alpha value is -3.80. The highest BCUT2D eigenvalue weighted by molar-refractivity contribution is 5.97. The third-order valence-electron chi connectivity index (χ3n) is 4.72. The summed E-state index contributed by atoms with van der Waals surface area (Å²) in [5.74, 6) is 3.29. The molecule has 0 spiro atoms. The quantitative estimate of drug-likeness (QED) is 0.581. The molecule has 166 valence electrons. The summed E-state index contributed by atoms with van der Waals surface area (Å²) in [5, 5.41) is 2.63. The third-order valence-corrected chi connectivity index (χ3v) is 4.72. The summed E-state index contributed by atoms with van der Waals surface area (Å²) in [5.41, 5.74) is 1.95. The van der Waals surface area contributed by atoms with Crippen LogP contribution in [0.3, 0.4) is 0 Å². The van der Waals surface area contributed by atoms with E-state index in [4.69, 9.17) is 0 Å². The average molecular weight is 444 g/mol. The first-order chi connectivity index (χ1) is 15.1. The Balaban J connectivity index is 1.66. The molecular weight excluding hydrogens is 425 g/mol. The highest BCUT2D eigenvalue weighted by atomic mass is 19.4. The van der Waals surface area contributed by atoms with Crippen LogP contribution in [0.15, 0.2) is 48.5 Å². The summed E-state index contributed by atoms with van der Waals surface area (Å²) in [6.07, 6.45) is -4.78. The maximum atomic E-state index is 12.5. The van der Waals surface area contributed by atoms with Crippen molar-refractivity contribution in [1.29, 1.82) is 0 Å². The standard InChI is InChI=1S/C23H19F3N2O4/c1-32-22(31)17-6-2-4-15(10-17)8-9-16-5-3-7-19(11-16)27-21(30)18-12-20(29)28(13-18)14-23(24,25)26/h2-7,10-11,18H,12-14H2,1H3,(H,27,30). The second kappa shape index (κ2) is 9.56. The van der Waals surface area contributed by atoms with Gasteiger partial charge in [-0.2, -0.15) is 13.2 Å². The Labute approximate surface area is 182 Å². The van der Waals surface area contributed by atoms with Crippen molar-refractivity contribution in [2.45, 2.75) is 12.6 Å². The molecule has 1 N–H and O–H groups in total. The molecule has 32 heavy (non-hydrogen) atoms. The number of alkyl halides is 3. The van der Waals surface area contributed by atoms with Crippen molar-refractivity contribution in [2.75, 3.05) is 25.5 Å². The maximum absolute atomic E-state index is 12.5. The van der Waals surface area contributed by atoms with E-state index in [1.807, 2.05) is 0 Å². The fourth-order valence-electron chi connectivity index (χ4n) is 3.22. The Bertz CT molecular complexity index is 1100. The molecule has 2 aromatic carbocycles. The first-order valence-corrected chi connectivity index (χ1v) is 9.60. The Morgan fingerprint density at radius 1 is 1.12 bits per heavy atom. The highest BCUT2D eigenvalue weighted by Crippen LogP contribution is 2.25. The lowest BCUT2D eigenvalue weighted by molar-refractivity contribution is -0.157. The molecule has 2 aromatic rings. The van der Waals surface area contributed by atoms with Gasteiger partial charge in [0.05, 0.1) is 18.6 Å². The third kappa shape index (κ3) is 6.11. The van der Waals surface area contributed by atoms with Crippen LogP contribution in [-0.2, 0) is 14.3 Å². The van der Waals surface area contributed by atoms with Crippen LogP contribution < -0.4 is 5.32 Å². The Morgan fingerprint density at radius 3 is 2.44 bits per heavy atom. The summed E-state index contributed by atoms with van der Waals surface area (Å²) in [6, 6.07) is 13.2. The SMILES string of the molecule is COC(=O)c1cccc(C#Cc2cccc(NC(=O)C3CC(=O)N(CC(F)(F)F)C3)c2)c1. The number of hydrogen-bond donors (Lipinski definition) is 1. The molecule has 0 aliphatic carbocycles. The molecule has 9 heteroatoms. The number of nitrogens with zero attached hydrogens (tertiary/aromatic N) is 1. The first kappa shape index (κ1) is 22.9. The number of rotatable bonds is 4. The van der Waals surface area contributed by atoms with Gasteiger partial charge >= 0.3 is 12.1 Å². The van der Waals surface area contributed by atoms with Crippen LogP contribution in [-0.4, -0.2) is 49.1 Å². The number of anilines is 1. The zero-order valence-electron chi connectivity index (χ0n) is 17.0. The van der Waals surface area contributed by atoms with Crippen LogP contribution in [0.25, 0.3) is 0 Å². The van der Waals surface area contributed by atoms with E-state index in [0.717, 1.165) is 0 Å². The van der Waals surface area contributed by atoms with Gasteiger partial charge in [0.1, 0.15) is 6.54 Å². The highest BCUT2D eigenvalue weighted by Gasteiger charge is 2.40. The van der Waals surface area contributed by atoms with E-state index in [9.17, 15) is 27.6 Å². The van der Waals surface area contributed by atoms with Gasteiger partial charge in [0.2, 0.25) is 11.8 Å². The van der Waals surface area contributed by atoms with Crippen molar-refractivity contribution >= 4 is 23.5 Å². The molecule has 0 radical (unpaired) electrons. The van der Waals surface area contributed by atoms with Gasteiger partial charge in [0.25, 0.3) is 0 Å². The van der Waals surface area contributed by atoms with Gasteiger partial charge in [-0.1, -0.05) is 24.0 Å². The topological polar surface area (TPSA) is 75.7 Å². The normalized spacial score (nSPS) is 15.7. The molecule has 1 aliphatic heterocycles. The number of amides is 2. The fourth-order valence-corrected chi connectivity index (χ4v) is 3.22. The lowest BCUT2D eigenvalue weighted by atomic mass is 10.1. The van der Waals surface area contributed by atoms with E-state index in [1.165, 1.54) is 7.11 Å². The number of hydrogen-bond acceptors (Lipinski definition) is 4. The molecule has 1 fully saturated rings.